The number of carboxylic acid groups (broad SMARTS) is 1. The van der Waals surface area contributed by atoms with Crippen LogP contribution in [-0.2, 0) is 4.79 Å². The molecule has 14 heavy (non-hydrogen) atoms. The summed E-state index contributed by atoms with van der Waals surface area (Å²) in [5.41, 5.74) is -0.878. The molecular weight excluding hydrogens is 182 g/mol. The maximum atomic E-state index is 12.0. The van der Waals surface area contributed by atoms with Crippen LogP contribution in [0.3, 0.4) is 0 Å². The number of carbonyl (C=O) groups is 2. The van der Waals surface area contributed by atoms with Crippen LogP contribution in [0.1, 0.15) is 24.1 Å². The highest BCUT2D eigenvalue weighted by atomic mass is 16.4. The van der Waals surface area contributed by atoms with Gasteiger partial charge in [-0.25, -0.2) is 0 Å². The summed E-state index contributed by atoms with van der Waals surface area (Å²) in [6.45, 7) is -2.09. The standard InChI is InChI=1S/C10H11NO3/c1-7-3-2-4-8(5-7)10(14)11-6-9(12)13/h2-5H,6H2,1H3,(H,11,14)(H,12,13)/i2D,3D,4D,5D,6D2/hD. The number of aliphatic carboxylic acids is 1. The maximum Gasteiger partial charge on any atom is 0.322 e. The van der Waals surface area contributed by atoms with Crippen molar-refractivity contribution in [2.45, 2.75) is 6.92 Å². The second-order valence-corrected chi connectivity index (χ2v) is 2.33. The van der Waals surface area contributed by atoms with E-state index in [0.717, 1.165) is 0 Å². The van der Waals surface area contributed by atoms with Crippen LogP contribution in [-0.4, -0.2) is 23.5 Å². The molecule has 0 aliphatic rings. The van der Waals surface area contributed by atoms with Gasteiger partial charge in [0.05, 0.1) is 8.22 Å². The van der Waals surface area contributed by atoms with Crippen molar-refractivity contribution in [3.8, 4) is 0 Å². The second kappa shape index (κ2) is 4.41. The molecule has 0 fully saturated rings. The minimum Gasteiger partial charge on any atom is -0.480 e. The molecule has 0 saturated carbocycles. The van der Waals surface area contributed by atoms with E-state index in [-0.39, 0.29) is 5.56 Å². The lowest BCUT2D eigenvalue weighted by atomic mass is 10.1. The van der Waals surface area contributed by atoms with Crippen molar-refractivity contribution < 1.29 is 24.3 Å². The first-order chi connectivity index (χ1) is 9.44. The molecular formula is C10H11NO3. The van der Waals surface area contributed by atoms with Gasteiger partial charge in [0.1, 0.15) is 6.50 Å². The van der Waals surface area contributed by atoms with Crippen molar-refractivity contribution in [2.24, 2.45) is 0 Å². The number of amides is 1. The minimum absolute atomic E-state index is 0.0939. The lowest BCUT2D eigenvalue weighted by Gasteiger charge is -2.02. The fraction of sp³-hybridized carbons (Fsp3) is 0.200. The molecule has 0 unspecified atom stereocenters. The van der Waals surface area contributed by atoms with E-state index in [9.17, 15) is 9.59 Å². The molecule has 0 bridgehead atoms. The molecule has 0 aliphatic carbocycles. The highest BCUT2D eigenvalue weighted by molar-refractivity contribution is 5.95. The van der Waals surface area contributed by atoms with Crippen LogP contribution >= 0.6 is 0 Å². The van der Waals surface area contributed by atoms with Crippen LogP contribution in [0, 0.1) is 6.92 Å². The largest absolute Gasteiger partial charge is 0.480 e. The summed E-state index contributed by atoms with van der Waals surface area (Å²) in [7, 11) is 0. The Hall–Kier alpha value is -1.84. The Labute approximate surface area is 91.5 Å². The molecule has 74 valence electrons. The first kappa shape index (κ1) is 4.13. The molecule has 4 heteroatoms. The molecule has 1 aromatic rings. The fourth-order valence-corrected chi connectivity index (χ4v) is 0.699. The summed E-state index contributed by atoms with van der Waals surface area (Å²) in [6, 6.07) is -2.51. The fourth-order valence-electron chi connectivity index (χ4n) is 0.699. The van der Waals surface area contributed by atoms with Crippen LogP contribution in [0.5, 0.6) is 0 Å². The zero-order valence-corrected chi connectivity index (χ0v) is 7.21. The highest BCUT2D eigenvalue weighted by Gasteiger charge is 2.06. The minimum atomic E-state index is -3.36. The van der Waals surface area contributed by atoms with Gasteiger partial charge in [0.15, 0.2) is 1.41 Å². The van der Waals surface area contributed by atoms with Crippen molar-refractivity contribution in [3.05, 3.63) is 35.3 Å². The van der Waals surface area contributed by atoms with E-state index in [1.807, 2.05) is 0 Å². The molecule has 0 aliphatic heterocycles. The van der Waals surface area contributed by atoms with Gasteiger partial charge >= 0.3 is 5.97 Å². The van der Waals surface area contributed by atoms with Gasteiger partial charge in [-0.05, 0) is 19.0 Å². The van der Waals surface area contributed by atoms with Crippen LogP contribution in [0.15, 0.2) is 24.2 Å². The first-order valence-electron chi connectivity index (χ1n) is 7.03. The van der Waals surface area contributed by atoms with Gasteiger partial charge in [-0.1, -0.05) is 17.6 Å². The molecule has 1 aromatic carbocycles. The molecule has 0 saturated heterocycles. The molecule has 0 spiro atoms. The Bertz CT molecular complexity index is 603. The SMILES string of the molecule is [2H]c1c([2H])c(C)c([2H])c(C(=O)N([2H])C([2H])([2H])C(=O)O)c1[2H]. The number of carbonyl (C=O) groups excluding carboxylic acids is 1. The smallest absolute Gasteiger partial charge is 0.322 e. The predicted molar refractivity (Wildman–Crippen MR) is 51.1 cm³/mol. The predicted octanol–water partition coefficient (Wildman–Crippen LogP) is 0.809. The van der Waals surface area contributed by atoms with Crippen molar-refractivity contribution in [1.82, 2.24) is 5.31 Å². The zero-order valence-electron chi connectivity index (χ0n) is 14.2. The average molecular weight is 200 g/mol. The molecule has 0 atom stereocenters. The topological polar surface area (TPSA) is 66.4 Å². The molecule has 0 radical (unpaired) electrons. The number of benzene rings is 1. The summed E-state index contributed by atoms with van der Waals surface area (Å²) >= 11 is 0. The van der Waals surface area contributed by atoms with E-state index in [4.69, 9.17) is 14.7 Å². The van der Waals surface area contributed by atoms with Crippen LogP contribution < -0.4 is 5.31 Å². The highest BCUT2D eigenvalue weighted by Crippen LogP contribution is 2.03. The summed E-state index contributed by atoms with van der Waals surface area (Å²) in [4.78, 5) is 22.7. The van der Waals surface area contributed by atoms with Crippen LogP contribution in [0.4, 0.5) is 0 Å². The molecule has 2 N–H and O–H groups in total. The van der Waals surface area contributed by atoms with Crippen molar-refractivity contribution in [3.63, 3.8) is 0 Å². The van der Waals surface area contributed by atoms with Crippen molar-refractivity contribution in [2.75, 3.05) is 6.50 Å². The number of carboxylic acids is 1. The third kappa shape index (κ3) is 2.90. The van der Waals surface area contributed by atoms with Gasteiger partial charge in [0.2, 0.25) is 0 Å². The summed E-state index contributed by atoms with van der Waals surface area (Å²) in [5, 5.41) is 8.15. The van der Waals surface area contributed by atoms with Crippen LogP contribution in [0.25, 0.3) is 0 Å². The molecule has 4 nitrogen and oxygen atoms in total. The van der Waals surface area contributed by atoms with Crippen molar-refractivity contribution >= 4 is 11.9 Å². The van der Waals surface area contributed by atoms with E-state index in [2.05, 4.69) is 0 Å². The third-order valence-corrected chi connectivity index (χ3v) is 1.22. The molecule has 1 rings (SSSR count). The zero-order chi connectivity index (χ0) is 16.7. The van der Waals surface area contributed by atoms with Crippen LogP contribution in [0.2, 0.25) is 1.41 Å². The number of nitrogens with one attached hydrogen (secondary N) is 1. The quantitative estimate of drug-likeness (QED) is 0.758. The number of hydrogen-bond acceptors (Lipinski definition) is 2. The van der Waals surface area contributed by atoms with Crippen molar-refractivity contribution in [1.29, 1.82) is 0 Å². The number of rotatable bonds is 3. The monoisotopic (exact) mass is 200 g/mol. The molecule has 0 aromatic heterocycles. The van der Waals surface area contributed by atoms with E-state index in [0.29, 0.717) is 0 Å². The van der Waals surface area contributed by atoms with Gasteiger partial charge in [-0.3, -0.25) is 9.59 Å². The lowest BCUT2D eigenvalue weighted by molar-refractivity contribution is -0.135. The van der Waals surface area contributed by atoms with E-state index in [1.165, 1.54) is 6.92 Å². The molecule has 1 amide bonds. The summed E-state index contributed by atoms with van der Waals surface area (Å²) in [5.74, 6) is -3.61. The van der Waals surface area contributed by atoms with E-state index >= 15 is 0 Å². The Balaban J connectivity index is 3.49. The van der Waals surface area contributed by atoms with Gasteiger partial charge < -0.3 is 10.4 Å². The first-order valence-corrected chi connectivity index (χ1v) is 3.58. The van der Waals surface area contributed by atoms with Gasteiger partial charge in [-0.15, -0.1) is 0 Å². The second-order valence-electron chi connectivity index (χ2n) is 2.33. The lowest BCUT2D eigenvalue weighted by Crippen LogP contribution is -2.29. The van der Waals surface area contributed by atoms with Gasteiger partial charge in [0.25, 0.3) is 5.91 Å². The average Bonchev–Trinajstić information content (AvgIpc) is 2.41. The van der Waals surface area contributed by atoms with E-state index < -0.39 is 53.4 Å². The Morgan fingerprint density at radius 1 is 1.71 bits per heavy atom. The third-order valence-electron chi connectivity index (χ3n) is 1.22. The normalized spacial score (nSPS) is 17.6. The Morgan fingerprint density at radius 3 is 3.07 bits per heavy atom. The Kier molecular flexibility index (Phi) is 1.30. The van der Waals surface area contributed by atoms with Gasteiger partial charge in [0, 0.05) is 5.56 Å². The summed E-state index contributed by atoms with van der Waals surface area (Å²) < 4.78 is 51.8. The Morgan fingerprint density at radius 2 is 2.43 bits per heavy atom. The van der Waals surface area contributed by atoms with E-state index in [1.54, 1.807) is 0 Å². The summed E-state index contributed by atoms with van der Waals surface area (Å²) in [6.07, 6.45) is 0. The number of hydrogen-bond donors (Lipinski definition) is 2. The molecule has 0 heterocycles. The van der Waals surface area contributed by atoms with Gasteiger partial charge in [-0.2, -0.15) is 0 Å². The maximum absolute atomic E-state index is 12.0.